The van der Waals surface area contributed by atoms with Gasteiger partial charge < -0.3 is 4.90 Å². The molecule has 0 spiro atoms. The number of hydrogen-bond donors (Lipinski definition) is 0. The van der Waals surface area contributed by atoms with Gasteiger partial charge in [-0.25, -0.2) is 0 Å². The van der Waals surface area contributed by atoms with Crippen LogP contribution in [-0.4, -0.2) is 24.8 Å². The number of rotatable bonds is 5. The van der Waals surface area contributed by atoms with Gasteiger partial charge in [0.1, 0.15) is 0 Å². The highest BCUT2D eigenvalue weighted by Gasteiger charge is 2.05. The summed E-state index contributed by atoms with van der Waals surface area (Å²) < 4.78 is 0. The van der Waals surface area contributed by atoms with Gasteiger partial charge in [-0.3, -0.25) is 4.79 Å². The molecule has 0 N–H and O–H groups in total. The molecular weight excluding hydrogens is 150 g/mol. The maximum absolute atomic E-state index is 11.4. The normalized spacial score (nSPS) is 11.5. The Morgan fingerprint density at radius 1 is 1.33 bits per heavy atom. The van der Waals surface area contributed by atoms with Crippen LogP contribution >= 0.6 is 0 Å². The summed E-state index contributed by atoms with van der Waals surface area (Å²) in [4.78, 5) is 13.3. The van der Waals surface area contributed by atoms with Crippen LogP contribution < -0.4 is 0 Å². The van der Waals surface area contributed by atoms with E-state index in [1.54, 1.807) is 0 Å². The van der Waals surface area contributed by atoms with Gasteiger partial charge in [-0.05, 0) is 12.8 Å². The van der Waals surface area contributed by atoms with Crippen LogP contribution in [0.15, 0.2) is 11.8 Å². The molecule has 0 aromatic heterocycles. The van der Waals surface area contributed by atoms with Crippen LogP contribution in [0.1, 0.15) is 33.1 Å². The van der Waals surface area contributed by atoms with Crippen LogP contribution in [0.3, 0.4) is 0 Å². The molecule has 0 aromatic carbocycles. The average Bonchev–Trinajstić information content (AvgIpc) is 2.00. The Labute approximate surface area is 75.3 Å². The molecule has 12 heavy (non-hydrogen) atoms. The molecular formula is C10H19NO. The molecule has 0 saturated carbocycles. The summed E-state index contributed by atoms with van der Waals surface area (Å²) in [7, 11) is 3.88. The number of Topliss-reactive ketones (excluding diaryl/α,β-unsaturated/α-hetero) is 1. The van der Waals surface area contributed by atoms with E-state index >= 15 is 0 Å². The van der Waals surface area contributed by atoms with Gasteiger partial charge in [0.25, 0.3) is 0 Å². The summed E-state index contributed by atoms with van der Waals surface area (Å²) in [5.74, 6) is 0.286. The summed E-state index contributed by atoms with van der Waals surface area (Å²) in [6, 6.07) is 0. The zero-order valence-corrected chi connectivity index (χ0v) is 8.55. The second kappa shape index (κ2) is 5.81. The van der Waals surface area contributed by atoms with E-state index in [0.717, 1.165) is 18.4 Å². The van der Waals surface area contributed by atoms with Crippen LogP contribution in [-0.2, 0) is 4.79 Å². The first kappa shape index (κ1) is 11.2. The molecule has 0 heterocycles. The fourth-order valence-electron chi connectivity index (χ4n) is 1.06. The minimum Gasteiger partial charge on any atom is -0.383 e. The molecule has 0 amide bonds. The van der Waals surface area contributed by atoms with Crippen molar-refractivity contribution >= 4 is 5.78 Å². The molecule has 0 rings (SSSR count). The zero-order valence-electron chi connectivity index (χ0n) is 8.55. The maximum atomic E-state index is 11.4. The van der Waals surface area contributed by atoms with Crippen LogP contribution in [0.4, 0.5) is 0 Å². The van der Waals surface area contributed by atoms with Crippen molar-refractivity contribution in [3.05, 3.63) is 11.8 Å². The number of carbonyl (C=O) groups excluding carboxylic acids is 1. The fourth-order valence-corrected chi connectivity index (χ4v) is 1.06. The largest absolute Gasteiger partial charge is 0.383 e. The summed E-state index contributed by atoms with van der Waals surface area (Å²) in [6.07, 6.45) is 4.35. The van der Waals surface area contributed by atoms with Crippen molar-refractivity contribution in [3.63, 3.8) is 0 Å². The van der Waals surface area contributed by atoms with Gasteiger partial charge >= 0.3 is 0 Å². The van der Waals surface area contributed by atoms with Gasteiger partial charge in [-0.15, -0.1) is 0 Å². The van der Waals surface area contributed by atoms with E-state index in [0.29, 0.717) is 6.42 Å². The van der Waals surface area contributed by atoms with Crippen molar-refractivity contribution in [2.45, 2.75) is 33.1 Å². The van der Waals surface area contributed by atoms with Crippen molar-refractivity contribution in [2.75, 3.05) is 14.1 Å². The summed E-state index contributed by atoms with van der Waals surface area (Å²) in [5.41, 5.74) is 0.932. The molecule has 0 aliphatic rings. The number of ketones is 1. The average molecular weight is 169 g/mol. The SMILES string of the molecule is CCCC(=O)C(=CN(C)C)CC. The predicted molar refractivity (Wildman–Crippen MR) is 52.0 cm³/mol. The second-order valence-corrected chi connectivity index (χ2v) is 3.14. The predicted octanol–water partition coefficient (Wildman–Crippen LogP) is 2.21. The molecule has 2 nitrogen and oxygen atoms in total. The van der Waals surface area contributed by atoms with Gasteiger partial charge in [-0.1, -0.05) is 13.8 Å². The van der Waals surface area contributed by atoms with Crippen molar-refractivity contribution < 1.29 is 4.79 Å². The van der Waals surface area contributed by atoms with Crippen molar-refractivity contribution in [3.8, 4) is 0 Å². The van der Waals surface area contributed by atoms with Gasteiger partial charge in [0.05, 0.1) is 0 Å². The van der Waals surface area contributed by atoms with E-state index in [1.165, 1.54) is 0 Å². The summed E-state index contributed by atoms with van der Waals surface area (Å²) in [6.45, 7) is 4.05. The third kappa shape index (κ3) is 4.16. The Kier molecular flexibility index (Phi) is 5.43. The van der Waals surface area contributed by atoms with E-state index in [1.807, 2.05) is 39.0 Å². The van der Waals surface area contributed by atoms with E-state index in [2.05, 4.69) is 0 Å². The van der Waals surface area contributed by atoms with Crippen LogP contribution in [0, 0.1) is 0 Å². The molecule has 0 fully saturated rings. The third-order valence-corrected chi connectivity index (χ3v) is 1.63. The first-order chi connectivity index (χ1) is 5.61. The Hall–Kier alpha value is -0.790. The molecule has 0 unspecified atom stereocenters. The lowest BCUT2D eigenvalue weighted by Gasteiger charge is -2.08. The minimum atomic E-state index is 0.286. The lowest BCUT2D eigenvalue weighted by Crippen LogP contribution is -2.08. The molecule has 0 aliphatic carbocycles. The monoisotopic (exact) mass is 169 g/mol. The molecule has 0 saturated heterocycles. The molecule has 0 bridgehead atoms. The summed E-state index contributed by atoms with van der Waals surface area (Å²) in [5, 5.41) is 0. The van der Waals surface area contributed by atoms with Crippen molar-refractivity contribution in [1.82, 2.24) is 4.90 Å². The van der Waals surface area contributed by atoms with Crippen molar-refractivity contribution in [2.24, 2.45) is 0 Å². The van der Waals surface area contributed by atoms with Crippen LogP contribution in [0.2, 0.25) is 0 Å². The number of nitrogens with zero attached hydrogens (tertiary/aromatic N) is 1. The van der Waals surface area contributed by atoms with E-state index in [-0.39, 0.29) is 5.78 Å². The quantitative estimate of drug-likeness (QED) is 0.588. The highest BCUT2D eigenvalue weighted by atomic mass is 16.1. The Morgan fingerprint density at radius 3 is 2.25 bits per heavy atom. The zero-order chi connectivity index (χ0) is 9.56. The molecule has 2 heteroatoms. The number of allylic oxidation sites excluding steroid dienone is 1. The molecule has 70 valence electrons. The third-order valence-electron chi connectivity index (χ3n) is 1.63. The maximum Gasteiger partial charge on any atom is 0.160 e. The van der Waals surface area contributed by atoms with Crippen molar-refractivity contribution in [1.29, 1.82) is 0 Å². The van der Waals surface area contributed by atoms with E-state index < -0.39 is 0 Å². The van der Waals surface area contributed by atoms with Crippen LogP contribution in [0.5, 0.6) is 0 Å². The molecule has 0 aliphatic heterocycles. The first-order valence-corrected chi connectivity index (χ1v) is 4.52. The smallest absolute Gasteiger partial charge is 0.160 e. The number of carbonyl (C=O) groups is 1. The highest BCUT2D eigenvalue weighted by molar-refractivity contribution is 5.95. The lowest BCUT2D eigenvalue weighted by molar-refractivity contribution is -0.115. The van der Waals surface area contributed by atoms with E-state index in [4.69, 9.17) is 0 Å². The topological polar surface area (TPSA) is 20.3 Å². The number of hydrogen-bond acceptors (Lipinski definition) is 2. The van der Waals surface area contributed by atoms with Gasteiger partial charge in [0.15, 0.2) is 5.78 Å². The Bertz CT molecular complexity index is 171. The molecule has 0 atom stereocenters. The van der Waals surface area contributed by atoms with Crippen LogP contribution in [0.25, 0.3) is 0 Å². The minimum absolute atomic E-state index is 0.286. The van der Waals surface area contributed by atoms with Gasteiger partial charge in [0, 0.05) is 32.3 Å². The molecule has 0 radical (unpaired) electrons. The second-order valence-electron chi connectivity index (χ2n) is 3.14. The van der Waals surface area contributed by atoms with E-state index in [9.17, 15) is 4.79 Å². The fraction of sp³-hybridized carbons (Fsp3) is 0.700. The standard InChI is InChI=1S/C10H19NO/c1-5-7-10(12)9(6-2)8-11(3)4/h8H,5-7H2,1-4H3. The first-order valence-electron chi connectivity index (χ1n) is 4.52. The lowest BCUT2D eigenvalue weighted by atomic mass is 10.1. The molecule has 0 aromatic rings. The highest BCUT2D eigenvalue weighted by Crippen LogP contribution is 2.07. The van der Waals surface area contributed by atoms with Gasteiger partial charge in [0.2, 0.25) is 0 Å². The van der Waals surface area contributed by atoms with Gasteiger partial charge in [-0.2, -0.15) is 0 Å². The Balaban J connectivity index is 4.23. The Morgan fingerprint density at radius 2 is 1.92 bits per heavy atom. The summed E-state index contributed by atoms with van der Waals surface area (Å²) >= 11 is 0.